The summed E-state index contributed by atoms with van der Waals surface area (Å²) >= 11 is 3.64. The van der Waals surface area contributed by atoms with Crippen molar-refractivity contribution in [3.8, 4) is 17.6 Å². The van der Waals surface area contributed by atoms with E-state index in [0.717, 1.165) is 35.0 Å². The molecule has 0 spiro atoms. The Bertz CT molecular complexity index is 846. The fraction of sp³-hybridized carbons (Fsp3) is 0.318. The smallest absolute Gasteiger partial charge is 0.304 e. The minimum absolute atomic E-state index is 0.00503. The van der Waals surface area contributed by atoms with Gasteiger partial charge in [0, 0.05) is 4.47 Å². The lowest BCUT2D eigenvalue weighted by Gasteiger charge is -2.27. The Labute approximate surface area is 162 Å². The molecule has 4 heteroatoms. The summed E-state index contributed by atoms with van der Waals surface area (Å²) in [5.41, 5.74) is 3.48. The van der Waals surface area contributed by atoms with Crippen LogP contribution in [0.25, 0.3) is 0 Å². The Morgan fingerprint density at radius 2 is 2.08 bits per heavy atom. The van der Waals surface area contributed by atoms with Crippen molar-refractivity contribution in [1.82, 2.24) is 0 Å². The molecule has 0 heterocycles. The Morgan fingerprint density at radius 1 is 1.31 bits per heavy atom. The van der Waals surface area contributed by atoms with Crippen molar-refractivity contribution in [1.29, 1.82) is 0 Å². The molecule has 0 aromatic heterocycles. The highest BCUT2D eigenvalue weighted by Crippen LogP contribution is 2.37. The molecule has 2 atom stereocenters. The second-order valence-corrected chi connectivity index (χ2v) is 7.27. The number of halogens is 1. The maximum absolute atomic E-state index is 11.0. The lowest BCUT2D eigenvalue weighted by Crippen LogP contribution is -2.15. The van der Waals surface area contributed by atoms with Crippen LogP contribution in [0.5, 0.6) is 5.75 Å². The maximum Gasteiger partial charge on any atom is 0.304 e. The van der Waals surface area contributed by atoms with E-state index >= 15 is 0 Å². The van der Waals surface area contributed by atoms with E-state index in [4.69, 9.17) is 9.84 Å². The number of carboxylic acids is 1. The van der Waals surface area contributed by atoms with Crippen LogP contribution in [-0.2, 0) is 11.2 Å². The monoisotopic (exact) mass is 412 g/mol. The maximum atomic E-state index is 11.0. The molecule has 3 rings (SSSR count). The highest BCUT2D eigenvalue weighted by Gasteiger charge is 2.23. The Hall–Kier alpha value is -2.25. The first-order chi connectivity index (χ1) is 12.6. The largest absolute Gasteiger partial charge is 0.486 e. The van der Waals surface area contributed by atoms with E-state index in [2.05, 4.69) is 39.9 Å². The molecule has 0 fully saturated rings. The summed E-state index contributed by atoms with van der Waals surface area (Å²) in [6.45, 7) is 1.73. The first kappa shape index (κ1) is 18.5. The molecule has 0 bridgehead atoms. The van der Waals surface area contributed by atoms with E-state index in [1.54, 1.807) is 6.92 Å². The molecule has 0 radical (unpaired) electrons. The van der Waals surface area contributed by atoms with Crippen LogP contribution in [0.3, 0.4) is 0 Å². The predicted molar refractivity (Wildman–Crippen MR) is 105 cm³/mol. The summed E-state index contributed by atoms with van der Waals surface area (Å²) < 4.78 is 7.39. The highest BCUT2D eigenvalue weighted by atomic mass is 79.9. The van der Waals surface area contributed by atoms with Gasteiger partial charge in [-0.3, -0.25) is 4.79 Å². The number of hydrogen-bond acceptors (Lipinski definition) is 2. The van der Waals surface area contributed by atoms with Crippen molar-refractivity contribution in [3.05, 3.63) is 63.6 Å². The number of aliphatic carboxylic acids is 1. The zero-order valence-corrected chi connectivity index (χ0v) is 16.3. The summed E-state index contributed by atoms with van der Waals surface area (Å²) in [5.74, 6) is 5.45. The van der Waals surface area contributed by atoms with Gasteiger partial charge in [0.15, 0.2) is 0 Å². The number of carbonyl (C=O) groups is 1. The molecular weight excluding hydrogens is 392 g/mol. The molecule has 1 N–H and O–H groups in total. The van der Waals surface area contributed by atoms with Crippen LogP contribution >= 0.6 is 15.9 Å². The zero-order chi connectivity index (χ0) is 18.5. The van der Waals surface area contributed by atoms with E-state index in [9.17, 15) is 4.79 Å². The molecule has 26 heavy (non-hydrogen) atoms. The van der Waals surface area contributed by atoms with Gasteiger partial charge in [-0.05, 0) is 61.1 Å². The number of benzene rings is 2. The number of ether oxygens (including phenoxy) is 1. The normalized spacial score (nSPS) is 16.8. The first-order valence-corrected chi connectivity index (χ1v) is 9.55. The van der Waals surface area contributed by atoms with Gasteiger partial charge in [-0.15, -0.1) is 5.92 Å². The molecule has 0 amide bonds. The molecule has 1 aliphatic rings. The van der Waals surface area contributed by atoms with Gasteiger partial charge >= 0.3 is 5.97 Å². The molecule has 134 valence electrons. The standard InChI is InChI=1S/C22H21BrO3/c1-2-5-16(14-22(24)25)15-10-12-17(13-11-15)26-21-9-4-6-18-19(21)7-3-8-20(18)23/h3,7-8,10-13,16,21H,4,6,9,14H2,1H3,(H,24,25). The van der Waals surface area contributed by atoms with E-state index in [1.165, 1.54) is 11.1 Å². The van der Waals surface area contributed by atoms with Gasteiger partial charge in [-0.25, -0.2) is 0 Å². The van der Waals surface area contributed by atoms with E-state index in [1.807, 2.05) is 30.3 Å². The lowest BCUT2D eigenvalue weighted by atomic mass is 9.89. The third-order valence-corrected chi connectivity index (χ3v) is 5.40. The molecular formula is C22H21BrO3. The van der Waals surface area contributed by atoms with E-state index in [-0.39, 0.29) is 18.4 Å². The van der Waals surface area contributed by atoms with Gasteiger partial charge in [-0.1, -0.05) is 46.1 Å². The lowest BCUT2D eigenvalue weighted by molar-refractivity contribution is -0.137. The van der Waals surface area contributed by atoms with Crippen molar-refractivity contribution < 1.29 is 14.6 Å². The number of hydrogen-bond donors (Lipinski definition) is 1. The van der Waals surface area contributed by atoms with Gasteiger partial charge in [0.25, 0.3) is 0 Å². The first-order valence-electron chi connectivity index (χ1n) is 8.76. The average Bonchev–Trinajstić information content (AvgIpc) is 2.63. The second-order valence-electron chi connectivity index (χ2n) is 6.42. The molecule has 0 saturated carbocycles. The molecule has 0 saturated heterocycles. The Morgan fingerprint density at radius 3 is 2.77 bits per heavy atom. The average molecular weight is 413 g/mol. The molecule has 1 aliphatic carbocycles. The highest BCUT2D eigenvalue weighted by molar-refractivity contribution is 9.10. The summed E-state index contributed by atoms with van der Waals surface area (Å²) in [6, 6.07) is 13.9. The zero-order valence-electron chi connectivity index (χ0n) is 14.7. The number of carboxylic acid groups (broad SMARTS) is 1. The van der Waals surface area contributed by atoms with Gasteiger partial charge in [0.05, 0.1) is 12.3 Å². The Kier molecular flexibility index (Phi) is 6.00. The minimum atomic E-state index is -0.845. The van der Waals surface area contributed by atoms with Gasteiger partial charge < -0.3 is 9.84 Å². The summed E-state index contributed by atoms with van der Waals surface area (Å²) in [6.07, 6.45) is 3.22. The SMILES string of the molecule is CC#CC(CC(=O)O)c1ccc(OC2CCCc3c(Br)cccc32)cc1. The quantitative estimate of drug-likeness (QED) is 0.660. The van der Waals surface area contributed by atoms with Crippen molar-refractivity contribution in [2.24, 2.45) is 0 Å². The van der Waals surface area contributed by atoms with Crippen LogP contribution in [0.1, 0.15) is 54.9 Å². The third-order valence-electron chi connectivity index (χ3n) is 4.65. The van der Waals surface area contributed by atoms with Crippen LogP contribution in [-0.4, -0.2) is 11.1 Å². The van der Waals surface area contributed by atoms with Gasteiger partial charge in [-0.2, -0.15) is 0 Å². The summed E-state index contributed by atoms with van der Waals surface area (Å²) in [4.78, 5) is 11.0. The fourth-order valence-corrected chi connectivity index (χ4v) is 4.01. The van der Waals surface area contributed by atoms with Crippen LogP contribution in [0.4, 0.5) is 0 Å². The molecule has 2 aromatic rings. The van der Waals surface area contributed by atoms with Crippen molar-refractivity contribution in [2.75, 3.05) is 0 Å². The van der Waals surface area contributed by atoms with Crippen LogP contribution < -0.4 is 4.74 Å². The predicted octanol–water partition coefficient (Wildman–Crippen LogP) is 5.49. The van der Waals surface area contributed by atoms with Crippen LogP contribution in [0, 0.1) is 11.8 Å². The van der Waals surface area contributed by atoms with Gasteiger partial charge in [0.2, 0.25) is 0 Å². The minimum Gasteiger partial charge on any atom is -0.486 e. The van der Waals surface area contributed by atoms with Crippen LogP contribution in [0.15, 0.2) is 46.9 Å². The van der Waals surface area contributed by atoms with Crippen LogP contribution in [0.2, 0.25) is 0 Å². The van der Waals surface area contributed by atoms with E-state index in [0.29, 0.717) is 0 Å². The van der Waals surface area contributed by atoms with E-state index < -0.39 is 5.97 Å². The summed E-state index contributed by atoms with van der Waals surface area (Å²) in [5, 5.41) is 9.06. The second kappa shape index (κ2) is 8.42. The summed E-state index contributed by atoms with van der Waals surface area (Å²) in [7, 11) is 0. The number of fused-ring (bicyclic) bond motifs is 1. The molecule has 0 aliphatic heterocycles. The van der Waals surface area contributed by atoms with Crippen molar-refractivity contribution in [3.63, 3.8) is 0 Å². The topological polar surface area (TPSA) is 46.5 Å². The number of rotatable bonds is 5. The molecule has 2 unspecified atom stereocenters. The third kappa shape index (κ3) is 4.28. The Balaban J connectivity index is 1.77. The fourth-order valence-electron chi connectivity index (χ4n) is 3.43. The molecule has 3 nitrogen and oxygen atoms in total. The van der Waals surface area contributed by atoms with Crippen molar-refractivity contribution >= 4 is 21.9 Å². The van der Waals surface area contributed by atoms with Crippen molar-refractivity contribution in [2.45, 2.75) is 44.6 Å². The van der Waals surface area contributed by atoms with Gasteiger partial charge in [0.1, 0.15) is 11.9 Å². The molecule has 2 aromatic carbocycles.